The van der Waals surface area contributed by atoms with Crippen LogP contribution in [0.4, 0.5) is 0 Å². The third kappa shape index (κ3) is 2.33. The lowest BCUT2D eigenvalue weighted by atomic mass is 10.0. The normalized spacial score (nSPS) is 23.6. The first kappa shape index (κ1) is 14.5. The van der Waals surface area contributed by atoms with Crippen LogP contribution < -0.4 is 9.88 Å². The molecule has 2 N–H and O–H groups in total. The van der Waals surface area contributed by atoms with Crippen molar-refractivity contribution in [1.29, 1.82) is 0 Å². The summed E-state index contributed by atoms with van der Waals surface area (Å²) in [6.07, 6.45) is 7.15. The van der Waals surface area contributed by atoms with E-state index in [2.05, 4.69) is 10.3 Å². The number of aromatic nitrogens is 2. The largest absolute Gasteiger partial charge is 0.477 e. The molecule has 2 aliphatic heterocycles. The molecule has 1 aromatic heterocycles. The Labute approximate surface area is 129 Å². The number of hydrogen-bond donors (Lipinski definition) is 2. The van der Waals surface area contributed by atoms with Crippen LogP contribution in [0.15, 0.2) is 36.1 Å². The predicted octanol–water partition coefficient (Wildman–Crippen LogP) is -1.26. The first-order chi connectivity index (χ1) is 10.6. The maximum absolute atomic E-state index is 12.1. The maximum atomic E-state index is 12.1. The summed E-state index contributed by atoms with van der Waals surface area (Å²) < 4.78 is 1.80. The first-order valence-electron chi connectivity index (χ1n) is 6.52. The number of rotatable bonds is 5. The quantitative estimate of drug-likeness (QED) is 0.398. The van der Waals surface area contributed by atoms with Gasteiger partial charge < -0.3 is 10.4 Å². The molecule has 0 radical (unpaired) electrons. The van der Waals surface area contributed by atoms with Crippen LogP contribution in [0, 0.1) is 0 Å². The van der Waals surface area contributed by atoms with E-state index in [0.717, 1.165) is 0 Å². The zero-order valence-corrected chi connectivity index (χ0v) is 12.2. The van der Waals surface area contributed by atoms with Gasteiger partial charge in [-0.15, -0.1) is 11.8 Å². The summed E-state index contributed by atoms with van der Waals surface area (Å²) in [6, 6.07) is -0.646. The third-order valence-corrected chi connectivity index (χ3v) is 4.90. The van der Waals surface area contributed by atoms with E-state index in [1.807, 2.05) is 0 Å². The highest BCUT2D eigenvalue weighted by Crippen LogP contribution is 2.40. The number of fused-ring (bicyclic) bond motifs is 1. The summed E-state index contributed by atoms with van der Waals surface area (Å²) in [6.45, 7) is 0.374. The number of carbonyl (C=O) groups is 3. The summed E-state index contributed by atoms with van der Waals surface area (Å²) in [5.41, 5.74) is 0.671. The first-order valence-corrected chi connectivity index (χ1v) is 7.57. The fraction of sp³-hybridized carbons (Fsp3) is 0.308. The van der Waals surface area contributed by atoms with Crippen molar-refractivity contribution in [3.8, 4) is 0 Å². The lowest BCUT2D eigenvalue weighted by Crippen LogP contribution is -2.69. The van der Waals surface area contributed by atoms with Gasteiger partial charge in [0.05, 0.1) is 12.4 Å². The van der Waals surface area contributed by atoms with Gasteiger partial charge in [0.1, 0.15) is 17.1 Å². The average Bonchev–Trinajstić information content (AvgIpc) is 2.53. The van der Waals surface area contributed by atoms with E-state index >= 15 is 0 Å². The van der Waals surface area contributed by atoms with Gasteiger partial charge in [-0.1, -0.05) is 0 Å². The van der Waals surface area contributed by atoms with Gasteiger partial charge in [-0.05, 0) is 0 Å². The Hall–Kier alpha value is -2.42. The summed E-state index contributed by atoms with van der Waals surface area (Å²) in [7, 11) is 0. The molecular weight excluding hydrogens is 308 g/mol. The van der Waals surface area contributed by atoms with E-state index in [-0.39, 0.29) is 17.0 Å². The molecule has 9 heteroatoms. The minimum absolute atomic E-state index is 0.0158. The molecule has 3 heterocycles. The number of carboxylic acid groups (broad SMARTS) is 1. The van der Waals surface area contributed by atoms with Crippen LogP contribution in [0.5, 0.6) is 0 Å². The molecule has 1 unspecified atom stereocenters. The topological polar surface area (TPSA) is 103 Å². The number of carboxylic acids is 1. The fourth-order valence-electron chi connectivity index (χ4n) is 2.57. The molecule has 0 aliphatic carbocycles. The zero-order chi connectivity index (χ0) is 15.7. The second kappa shape index (κ2) is 5.76. The molecule has 0 aromatic carbocycles. The number of hydrogen-bond acceptors (Lipinski definition) is 5. The minimum Gasteiger partial charge on any atom is -0.477 e. The molecule has 2 amide bonds. The Morgan fingerprint density at radius 2 is 2.27 bits per heavy atom. The van der Waals surface area contributed by atoms with Crippen molar-refractivity contribution in [2.75, 3.05) is 5.75 Å². The summed E-state index contributed by atoms with van der Waals surface area (Å²) in [5.74, 6) is -1.03. The number of carbonyl (C=O) groups excluding carboxylic acids is 2. The highest BCUT2D eigenvalue weighted by Gasteiger charge is 2.53. The molecule has 114 valence electrons. The Kier molecular flexibility index (Phi) is 3.80. The molecule has 0 saturated carbocycles. The monoisotopic (exact) mass is 321 g/mol. The molecule has 2 atom stereocenters. The Balaban J connectivity index is 1.90. The number of β-lactam (4-membered cyclic amide) rings is 1. The van der Waals surface area contributed by atoms with Crippen LogP contribution in [0.3, 0.4) is 0 Å². The van der Waals surface area contributed by atoms with Gasteiger partial charge in [0.25, 0.3) is 5.91 Å². The van der Waals surface area contributed by atoms with E-state index in [9.17, 15) is 19.5 Å². The molecule has 1 saturated heterocycles. The molecule has 2 aliphatic rings. The Morgan fingerprint density at radius 1 is 1.55 bits per heavy atom. The van der Waals surface area contributed by atoms with Gasteiger partial charge in [-0.3, -0.25) is 19.5 Å². The lowest BCUT2D eigenvalue weighted by Gasteiger charge is -2.48. The van der Waals surface area contributed by atoms with E-state index in [0.29, 0.717) is 24.3 Å². The van der Waals surface area contributed by atoms with Crippen LogP contribution in [-0.2, 0) is 20.9 Å². The second-order valence-electron chi connectivity index (χ2n) is 4.85. The Morgan fingerprint density at radius 3 is 2.91 bits per heavy atom. The summed E-state index contributed by atoms with van der Waals surface area (Å²) in [4.78, 5) is 39.3. The van der Waals surface area contributed by atoms with E-state index < -0.39 is 12.0 Å². The number of nitrogens with zero attached hydrogens (tertiary/aromatic N) is 3. The number of nitrogens with one attached hydrogen (secondary N) is 1. The van der Waals surface area contributed by atoms with Crippen molar-refractivity contribution in [3.05, 3.63) is 36.1 Å². The van der Waals surface area contributed by atoms with Crippen LogP contribution >= 0.6 is 11.8 Å². The van der Waals surface area contributed by atoms with E-state index in [1.165, 1.54) is 16.7 Å². The average molecular weight is 321 g/mol. The highest BCUT2D eigenvalue weighted by molar-refractivity contribution is 8.00. The summed E-state index contributed by atoms with van der Waals surface area (Å²) in [5, 5.41) is 11.6. The SMILES string of the molecule is O=CNC1C(=O)N2C(C(=O)O)=C(C[n+]3ccncc3)CS[C@@H]12. The van der Waals surface area contributed by atoms with Gasteiger partial charge in [-0.25, -0.2) is 4.79 Å². The van der Waals surface area contributed by atoms with Crippen molar-refractivity contribution in [3.63, 3.8) is 0 Å². The Bertz CT molecular complexity index is 663. The molecule has 0 spiro atoms. The molecule has 3 rings (SSSR count). The molecule has 1 fully saturated rings. The van der Waals surface area contributed by atoms with Crippen LogP contribution in [-0.4, -0.2) is 50.4 Å². The third-order valence-electron chi connectivity index (χ3n) is 3.56. The van der Waals surface area contributed by atoms with E-state index in [1.54, 1.807) is 29.4 Å². The standard InChI is InChI=1S/C13H12N4O4S/c18-7-15-9-11(19)17-10(13(20)21)8(6-22-12(9)17)5-16-3-1-14-2-4-16/h1-4,7,9,12H,5-6H2,(H-,15,18,20,21)/p+1/t9?,12-/m0/s1. The highest BCUT2D eigenvalue weighted by atomic mass is 32.2. The lowest BCUT2D eigenvalue weighted by molar-refractivity contribution is -0.689. The zero-order valence-electron chi connectivity index (χ0n) is 11.4. The second-order valence-corrected chi connectivity index (χ2v) is 5.95. The van der Waals surface area contributed by atoms with Gasteiger partial charge in [0, 0.05) is 11.3 Å². The fourth-order valence-corrected chi connectivity index (χ4v) is 3.92. The maximum Gasteiger partial charge on any atom is 0.352 e. The van der Waals surface area contributed by atoms with Crippen LogP contribution in [0.25, 0.3) is 0 Å². The minimum atomic E-state index is -1.13. The van der Waals surface area contributed by atoms with Crippen molar-refractivity contribution >= 4 is 30.0 Å². The van der Waals surface area contributed by atoms with Crippen LogP contribution in [0.2, 0.25) is 0 Å². The molecular formula is C13H13N4O4S+. The number of thioether (sulfide) groups is 1. The van der Waals surface area contributed by atoms with Gasteiger partial charge in [0.2, 0.25) is 6.41 Å². The smallest absolute Gasteiger partial charge is 0.352 e. The summed E-state index contributed by atoms with van der Waals surface area (Å²) >= 11 is 1.45. The van der Waals surface area contributed by atoms with E-state index in [4.69, 9.17) is 0 Å². The van der Waals surface area contributed by atoms with Gasteiger partial charge in [-0.2, -0.15) is 4.57 Å². The number of aliphatic carboxylic acids is 1. The molecule has 22 heavy (non-hydrogen) atoms. The number of amides is 2. The van der Waals surface area contributed by atoms with Crippen molar-refractivity contribution in [2.24, 2.45) is 0 Å². The van der Waals surface area contributed by atoms with Crippen molar-refractivity contribution in [1.82, 2.24) is 15.2 Å². The predicted molar refractivity (Wildman–Crippen MR) is 75.2 cm³/mol. The molecule has 0 bridgehead atoms. The molecule has 8 nitrogen and oxygen atoms in total. The van der Waals surface area contributed by atoms with Gasteiger partial charge in [0.15, 0.2) is 18.9 Å². The van der Waals surface area contributed by atoms with Crippen LogP contribution in [0.1, 0.15) is 0 Å². The van der Waals surface area contributed by atoms with Crippen molar-refractivity contribution < 1.29 is 24.1 Å². The van der Waals surface area contributed by atoms with Crippen molar-refractivity contribution in [2.45, 2.75) is 18.0 Å². The van der Waals surface area contributed by atoms with Gasteiger partial charge >= 0.3 is 5.97 Å². The molecule has 1 aromatic rings.